The van der Waals surface area contributed by atoms with E-state index in [1.807, 2.05) is 11.6 Å². The van der Waals surface area contributed by atoms with Crippen LogP contribution < -0.4 is 0 Å². The molecule has 1 saturated carbocycles. The molecular formula is C14H20N4O. The maximum atomic E-state index is 12.5. The molecule has 0 spiro atoms. The van der Waals surface area contributed by atoms with Gasteiger partial charge in [0, 0.05) is 17.8 Å². The fourth-order valence-electron chi connectivity index (χ4n) is 2.23. The topological polar surface area (TPSA) is 61.9 Å². The van der Waals surface area contributed by atoms with Gasteiger partial charge in [-0.2, -0.15) is 10.4 Å². The minimum atomic E-state index is -0.0592. The van der Waals surface area contributed by atoms with Crippen molar-refractivity contribution in [1.82, 2.24) is 14.7 Å². The normalized spacial score (nSPS) is 15.9. The lowest BCUT2D eigenvalue weighted by Crippen LogP contribution is -2.33. The maximum absolute atomic E-state index is 12.5. The van der Waals surface area contributed by atoms with Crippen LogP contribution in [0.1, 0.15) is 55.2 Å². The average molecular weight is 260 g/mol. The Bertz CT molecular complexity index is 510. The van der Waals surface area contributed by atoms with Gasteiger partial charge in [0.25, 0.3) is 5.91 Å². The third kappa shape index (κ3) is 2.62. The van der Waals surface area contributed by atoms with Gasteiger partial charge < -0.3 is 4.90 Å². The number of hydrogen-bond acceptors (Lipinski definition) is 3. The van der Waals surface area contributed by atoms with Gasteiger partial charge in [-0.15, -0.1) is 0 Å². The molecule has 1 fully saturated rings. The maximum Gasteiger partial charge on any atom is 0.258 e. The van der Waals surface area contributed by atoms with Crippen LogP contribution in [0.3, 0.4) is 0 Å². The van der Waals surface area contributed by atoms with Crippen molar-refractivity contribution in [3.63, 3.8) is 0 Å². The van der Waals surface area contributed by atoms with Crippen LogP contribution in [0.25, 0.3) is 0 Å². The van der Waals surface area contributed by atoms with Gasteiger partial charge in [-0.05, 0) is 33.1 Å². The van der Waals surface area contributed by atoms with Crippen molar-refractivity contribution in [3.8, 4) is 6.07 Å². The number of rotatable bonds is 5. The number of nitriles is 1. The molecule has 1 aliphatic carbocycles. The smallest absolute Gasteiger partial charge is 0.258 e. The molecule has 2 rings (SSSR count). The molecular weight excluding hydrogens is 240 g/mol. The third-order valence-electron chi connectivity index (χ3n) is 3.77. The van der Waals surface area contributed by atoms with Crippen molar-refractivity contribution in [2.24, 2.45) is 0 Å². The van der Waals surface area contributed by atoms with E-state index in [4.69, 9.17) is 5.26 Å². The third-order valence-corrected chi connectivity index (χ3v) is 3.77. The van der Waals surface area contributed by atoms with Crippen molar-refractivity contribution in [3.05, 3.63) is 17.5 Å². The molecule has 0 N–H and O–H groups in total. The van der Waals surface area contributed by atoms with E-state index in [1.54, 1.807) is 11.1 Å². The minimum Gasteiger partial charge on any atom is -0.322 e. The van der Waals surface area contributed by atoms with Crippen molar-refractivity contribution in [2.45, 2.75) is 52.1 Å². The molecule has 0 aromatic carbocycles. The quantitative estimate of drug-likeness (QED) is 0.763. The molecule has 0 bridgehead atoms. The van der Waals surface area contributed by atoms with Gasteiger partial charge >= 0.3 is 0 Å². The molecule has 1 aliphatic rings. The molecule has 1 heterocycles. The van der Waals surface area contributed by atoms with Gasteiger partial charge in [-0.25, -0.2) is 0 Å². The Kier molecular flexibility index (Phi) is 3.89. The summed E-state index contributed by atoms with van der Waals surface area (Å²) in [6.45, 7) is 6.27. The van der Waals surface area contributed by atoms with E-state index in [0.29, 0.717) is 5.56 Å². The van der Waals surface area contributed by atoms with Crippen molar-refractivity contribution in [1.29, 1.82) is 5.26 Å². The first kappa shape index (κ1) is 13.6. The van der Waals surface area contributed by atoms with Crippen LogP contribution in [0.5, 0.6) is 0 Å². The molecule has 1 atom stereocenters. The highest BCUT2D eigenvalue weighted by atomic mass is 16.2. The van der Waals surface area contributed by atoms with E-state index in [9.17, 15) is 4.79 Å². The summed E-state index contributed by atoms with van der Waals surface area (Å²) in [5.74, 6) is -0.0592. The number of nitrogens with zero attached hydrogens (tertiary/aromatic N) is 4. The highest BCUT2D eigenvalue weighted by Gasteiger charge is 2.34. The molecule has 0 aliphatic heterocycles. The Morgan fingerprint density at radius 1 is 1.68 bits per heavy atom. The minimum absolute atomic E-state index is 0.0592. The molecule has 1 aromatic heterocycles. The van der Waals surface area contributed by atoms with E-state index in [2.05, 4.69) is 25.0 Å². The van der Waals surface area contributed by atoms with E-state index < -0.39 is 0 Å². The van der Waals surface area contributed by atoms with Gasteiger partial charge in [0.1, 0.15) is 6.54 Å². The lowest BCUT2D eigenvalue weighted by Gasteiger charge is -2.19. The first-order valence-electron chi connectivity index (χ1n) is 6.82. The van der Waals surface area contributed by atoms with Crippen molar-refractivity contribution in [2.75, 3.05) is 6.54 Å². The summed E-state index contributed by atoms with van der Waals surface area (Å²) < 4.78 is 1.89. The highest BCUT2D eigenvalue weighted by Crippen LogP contribution is 2.28. The van der Waals surface area contributed by atoms with Gasteiger partial charge in [0.15, 0.2) is 0 Å². The van der Waals surface area contributed by atoms with Crippen LogP contribution in [0, 0.1) is 18.3 Å². The number of carbonyl (C=O) groups excluding carboxylic acids is 1. The SMILES string of the molecule is CCC(C)n1ncc(C(=O)N(CC#N)C2CC2)c1C. The zero-order valence-electron chi connectivity index (χ0n) is 11.8. The highest BCUT2D eigenvalue weighted by molar-refractivity contribution is 5.95. The number of hydrogen-bond donors (Lipinski definition) is 0. The fourth-order valence-corrected chi connectivity index (χ4v) is 2.23. The summed E-state index contributed by atoms with van der Waals surface area (Å²) in [7, 11) is 0. The number of amides is 1. The molecule has 1 aromatic rings. The van der Waals surface area contributed by atoms with E-state index in [0.717, 1.165) is 25.0 Å². The Hall–Kier alpha value is -1.83. The molecule has 0 saturated heterocycles. The predicted octanol–water partition coefficient (Wildman–Crippen LogP) is 2.29. The zero-order chi connectivity index (χ0) is 14.0. The van der Waals surface area contributed by atoms with Crippen LogP contribution in [0.2, 0.25) is 0 Å². The summed E-state index contributed by atoms with van der Waals surface area (Å²) in [4.78, 5) is 14.2. The van der Waals surface area contributed by atoms with Crippen LogP contribution in [-0.4, -0.2) is 33.2 Å². The second-order valence-electron chi connectivity index (χ2n) is 5.17. The van der Waals surface area contributed by atoms with Gasteiger partial charge in [0.2, 0.25) is 0 Å². The summed E-state index contributed by atoms with van der Waals surface area (Å²) in [5, 5.41) is 13.2. The van der Waals surface area contributed by atoms with Gasteiger partial charge in [-0.1, -0.05) is 6.92 Å². The van der Waals surface area contributed by atoms with Crippen LogP contribution >= 0.6 is 0 Å². The number of carbonyl (C=O) groups is 1. The first-order chi connectivity index (χ1) is 9.10. The van der Waals surface area contributed by atoms with Crippen LogP contribution in [0.15, 0.2) is 6.20 Å². The second kappa shape index (κ2) is 5.43. The standard InChI is InChI=1S/C14H20N4O/c1-4-10(2)18-11(3)13(9-16-18)14(19)17(8-7-15)12-5-6-12/h9-10,12H,4-6,8H2,1-3H3. The first-order valence-corrected chi connectivity index (χ1v) is 6.82. The van der Waals surface area contributed by atoms with E-state index >= 15 is 0 Å². The van der Waals surface area contributed by atoms with Gasteiger partial charge in [0.05, 0.1) is 17.8 Å². The molecule has 5 heteroatoms. The van der Waals surface area contributed by atoms with E-state index in [1.165, 1.54) is 0 Å². The molecule has 1 amide bonds. The molecule has 1 unspecified atom stereocenters. The van der Waals surface area contributed by atoms with Crippen molar-refractivity contribution < 1.29 is 4.79 Å². The average Bonchev–Trinajstić information content (AvgIpc) is 3.17. The largest absolute Gasteiger partial charge is 0.322 e. The Balaban J connectivity index is 2.23. The molecule has 5 nitrogen and oxygen atoms in total. The Labute approximate surface area is 113 Å². The Morgan fingerprint density at radius 2 is 2.37 bits per heavy atom. The lowest BCUT2D eigenvalue weighted by molar-refractivity contribution is 0.0764. The number of aromatic nitrogens is 2. The second-order valence-corrected chi connectivity index (χ2v) is 5.17. The van der Waals surface area contributed by atoms with Gasteiger partial charge in [-0.3, -0.25) is 9.48 Å². The van der Waals surface area contributed by atoms with Crippen LogP contribution in [0.4, 0.5) is 0 Å². The lowest BCUT2D eigenvalue weighted by atomic mass is 10.2. The molecule has 0 radical (unpaired) electrons. The molecule has 102 valence electrons. The van der Waals surface area contributed by atoms with Crippen LogP contribution in [-0.2, 0) is 0 Å². The monoisotopic (exact) mass is 260 g/mol. The summed E-state index contributed by atoms with van der Waals surface area (Å²) in [5.41, 5.74) is 1.52. The summed E-state index contributed by atoms with van der Waals surface area (Å²) in [6, 6.07) is 2.61. The predicted molar refractivity (Wildman–Crippen MR) is 71.6 cm³/mol. The molecule has 19 heavy (non-hydrogen) atoms. The summed E-state index contributed by atoms with van der Waals surface area (Å²) in [6.07, 6.45) is 4.62. The zero-order valence-corrected chi connectivity index (χ0v) is 11.8. The summed E-state index contributed by atoms with van der Waals surface area (Å²) >= 11 is 0. The van der Waals surface area contributed by atoms with Crippen molar-refractivity contribution >= 4 is 5.91 Å². The Morgan fingerprint density at radius 3 is 2.89 bits per heavy atom. The van der Waals surface area contributed by atoms with E-state index in [-0.39, 0.29) is 24.5 Å². The fraction of sp³-hybridized carbons (Fsp3) is 0.643.